The molecule has 1 aliphatic rings. The number of alkyl halides is 1. The van der Waals surface area contributed by atoms with Crippen molar-refractivity contribution >= 4 is 36.0 Å². The van der Waals surface area contributed by atoms with E-state index in [1.807, 2.05) is 0 Å². The van der Waals surface area contributed by atoms with E-state index in [0.717, 1.165) is 12.8 Å². The summed E-state index contributed by atoms with van der Waals surface area (Å²) in [5, 5.41) is 19.8. The van der Waals surface area contributed by atoms with Crippen molar-refractivity contribution in [3.05, 3.63) is 0 Å². The standard InChI is InChI=1S/C9H16BIO3/c1-14-9(6-12)7(11)3-2-4-8(9,13)5-10/h5,7,10,12-13H,2-4,6H2,1H3/t7?,8?,9-/m0/s1. The predicted molar refractivity (Wildman–Crippen MR) is 66.6 cm³/mol. The Labute approximate surface area is 99.1 Å². The molecule has 1 aliphatic carbocycles. The zero-order valence-electron chi connectivity index (χ0n) is 8.37. The van der Waals surface area contributed by atoms with E-state index in [2.05, 4.69) is 30.1 Å². The molecule has 1 fully saturated rings. The first kappa shape index (κ1) is 12.6. The zero-order chi connectivity index (χ0) is 10.8. The first-order valence-corrected chi connectivity index (χ1v) is 5.97. The molecule has 0 aliphatic heterocycles. The van der Waals surface area contributed by atoms with Crippen LogP contribution in [0.3, 0.4) is 0 Å². The van der Waals surface area contributed by atoms with E-state index in [1.54, 1.807) is 0 Å². The molecular formula is C9H16BIO3. The van der Waals surface area contributed by atoms with Gasteiger partial charge in [0.25, 0.3) is 0 Å². The summed E-state index contributed by atoms with van der Waals surface area (Å²) in [7, 11) is 5.17. The fraction of sp³-hybridized carbons (Fsp3) is 0.889. The second-order valence-corrected chi connectivity index (χ2v) is 5.24. The van der Waals surface area contributed by atoms with Crippen molar-refractivity contribution in [1.82, 2.24) is 0 Å². The fourth-order valence-electron chi connectivity index (χ4n) is 2.15. The van der Waals surface area contributed by atoms with Crippen LogP contribution >= 0.6 is 22.6 Å². The average molecular weight is 310 g/mol. The van der Waals surface area contributed by atoms with Crippen LogP contribution in [0.2, 0.25) is 0 Å². The zero-order valence-corrected chi connectivity index (χ0v) is 10.5. The number of ether oxygens (including phenoxy) is 1. The van der Waals surface area contributed by atoms with Crippen molar-refractivity contribution in [1.29, 1.82) is 0 Å². The Bertz CT molecular complexity index is 220. The van der Waals surface area contributed by atoms with Crippen molar-refractivity contribution in [3.63, 3.8) is 0 Å². The summed E-state index contributed by atoms with van der Waals surface area (Å²) < 4.78 is 5.47. The second kappa shape index (κ2) is 4.59. The molecule has 0 saturated heterocycles. The van der Waals surface area contributed by atoms with E-state index in [0.29, 0.717) is 6.42 Å². The van der Waals surface area contributed by atoms with Gasteiger partial charge in [-0.1, -0.05) is 0 Å². The molecule has 0 radical (unpaired) electrons. The monoisotopic (exact) mass is 310 g/mol. The summed E-state index contributed by atoms with van der Waals surface area (Å²) in [5.74, 6) is 1.50. The molecule has 80 valence electrons. The fourth-order valence-corrected chi connectivity index (χ4v) is 3.58. The first-order chi connectivity index (χ1) is 6.56. The molecule has 3 atom stereocenters. The maximum absolute atomic E-state index is 10.4. The normalized spacial score (nSPS) is 43.5. The van der Waals surface area contributed by atoms with E-state index in [4.69, 9.17) is 4.74 Å². The summed E-state index contributed by atoms with van der Waals surface area (Å²) in [6, 6.07) is 0. The third-order valence-electron chi connectivity index (χ3n) is 3.19. The van der Waals surface area contributed by atoms with Crippen molar-refractivity contribution < 1.29 is 14.9 Å². The Kier molecular flexibility index (Phi) is 4.14. The molecule has 2 unspecified atom stereocenters. The number of rotatable bonds is 3. The summed E-state index contributed by atoms with van der Waals surface area (Å²) in [5.41, 5.74) is -2.01. The van der Waals surface area contributed by atoms with Gasteiger partial charge in [-0.3, -0.25) is 0 Å². The van der Waals surface area contributed by atoms with E-state index >= 15 is 0 Å². The minimum absolute atomic E-state index is 0.104. The van der Waals surface area contributed by atoms with Crippen LogP contribution in [0.15, 0.2) is 0 Å². The maximum atomic E-state index is 10.4. The number of hydrogen-bond donors (Lipinski definition) is 2. The minimum atomic E-state index is -1.11. The van der Waals surface area contributed by atoms with Gasteiger partial charge >= 0.3 is 99.1 Å². The molecule has 1 saturated carbocycles. The van der Waals surface area contributed by atoms with Gasteiger partial charge in [0.1, 0.15) is 0 Å². The van der Waals surface area contributed by atoms with Crippen LogP contribution in [0.4, 0.5) is 0 Å². The predicted octanol–water partition coefficient (Wildman–Crippen LogP) is -0.215. The SMILES string of the molecule is B=CC1(O)CCCC(I)[C@]1(CO)OC. The molecular weight excluding hydrogens is 294 g/mol. The van der Waals surface area contributed by atoms with Crippen molar-refractivity contribution in [2.45, 2.75) is 34.4 Å². The van der Waals surface area contributed by atoms with Crippen molar-refractivity contribution in [2.24, 2.45) is 0 Å². The number of aliphatic hydroxyl groups is 2. The molecule has 14 heavy (non-hydrogen) atoms. The van der Waals surface area contributed by atoms with E-state index in [9.17, 15) is 10.2 Å². The van der Waals surface area contributed by atoms with Gasteiger partial charge in [-0.25, -0.2) is 0 Å². The summed E-state index contributed by atoms with van der Waals surface area (Å²) in [6.45, 7) is -0.181. The van der Waals surface area contributed by atoms with Gasteiger partial charge < -0.3 is 0 Å². The molecule has 1 rings (SSSR count). The summed E-state index contributed by atoms with van der Waals surface area (Å²) in [4.78, 5) is 0. The molecule has 2 N–H and O–H groups in total. The van der Waals surface area contributed by atoms with E-state index < -0.39 is 11.2 Å². The summed E-state index contributed by atoms with van der Waals surface area (Å²) >= 11 is 2.23. The van der Waals surface area contributed by atoms with Gasteiger partial charge in [-0.2, -0.15) is 0 Å². The second-order valence-electron chi connectivity index (χ2n) is 3.74. The molecule has 0 aromatic heterocycles. The van der Waals surface area contributed by atoms with Crippen LogP contribution in [0.1, 0.15) is 19.3 Å². The van der Waals surface area contributed by atoms with Crippen molar-refractivity contribution in [2.75, 3.05) is 13.7 Å². The molecule has 3 nitrogen and oxygen atoms in total. The number of methoxy groups -OCH3 is 1. The quantitative estimate of drug-likeness (QED) is 0.431. The van der Waals surface area contributed by atoms with Gasteiger partial charge in [-0.15, -0.1) is 0 Å². The topological polar surface area (TPSA) is 49.7 Å². The number of aliphatic hydroxyl groups excluding tert-OH is 1. The van der Waals surface area contributed by atoms with Crippen LogP contribution in [0.5, 0.6) is 0 Å². The van der Waals surface area contributed by atoms with Crippen molar-refractivity contribution in [3.8, 4) is 0 Å². The van der Waals surface area contributed by atoms with Crippen LogP contribution in [-0.2, 0) is 4.74 Å². The Morgan fingerprint density at radius 1 is 1.71 bits per heavy atom. The van der Waals surface area contributed by atoms with Gasteiger partial charge in [0.15, 0.2) is 0 Å². The molecule has 0 spiro atoms. The third-order valence-corrected chi connectivity index (χ3v) is 4.82. The van der Waals surface area contributed by atoms with Crippen LogP contribution in [0, 0.1) is 0 Å². The molecule has 0 amide bonds. The van der Waals surface area contributed by atoms with Gasteiger partial charge in [0, 0.05) is 0 Å². The molecule has 0 bridgehead atoms. The summed E-state index contributed by atoms with van der Waals surface area (Å²) in [6.07, 6.45) is 2.48. The third kappa shape index (κ3) is 1.68. The van der Waals surface area contributed by atoms with Gasteiger partial charge in [0.2, 0.25) is 0 Å². The van der Waals surface area contributed by atoms with Crippen LogP contribution in [0.25, 0.3) is 0 Å². The number of halogens is 1. The van der Waals surface area contributed by atoms with Crippen LogP contribution < -0.4 is 0 Å². The Morgan fingerprint density at radius 3 is 2.71 bits per heavy atom. The van der Waals surface area contributed by atoms with E-state index in [1.165, 1.54) is 13.1 Å². The Hall–Kier alpha value is 0.545. The van der Waals surface area contributed by atoms with Gasteiger partial charge in [0.05, 0.1) is 0 Å². The average Bonchev–Trinajstić information content (AvgIpc) is 2.19. The van der Waals surface area contributed by atoms with Crippen LogP contribution in [-0.4, -0.2) is 52.5 Å². The molecule has 0 aromatic carbocycles. The van der Waals surface area contributed by atoms with Gasteiger partial charge in [-0.05, 0) is 0 Å². The Balaban J connectivity index is 3.08. The Morgan fingerprint density at radius 2 is 2.36 bits per heavy atom. The molecule has 5 heteroatoms. The molecule has 0 heterocycles. The number of hydrogen-bond acceptors (Lipinski definition) is 3. The first-order valence-electron chi connectivity index (χ1n) is 4.72. The van der Waals surface area contributed by atoms with E-state index in [-0.39, 0.29) is 10.5 Å². The molecule has 0 aromatic rings.